The van der Waals surface area contributed by atoms with Crippen LogP contribution in [0.15, 0.2) is 36.4 Å². The number of piperazine rings is 1. The molecule has 0 atom stereocenters. The van der Waals surface area contributed by atoms with Gasteiger partial charge in [0.1, 0.15) is 0 Å². The van der Waals surface area contributed by atoms with Crippen molar-refractivity contribution >= 4 is 38.0 Å². The van der Waals surface area contributed by atoms with Crippen molar-refractivity contribution in [2.24, 2.45) is 0 Å². The predicted octanol–water partition coefficient (Wildman–Crippen LogP) is 5.95. The van der Waals surface area contributed by atoms with Gasteiger partial charge >= 0.3 is 228 Å². The molecule has 0 N–H and O–H groups in total. The van der Waals surface area contributed by atoms with E-state index in [2.05, 4.69) is 4.90 Å². The number of amides is 1. The minimum atomic E-state index is -2.55. The molecule has 2 heterocycles. The van der Waals surface area contributed by atoms with Gasteiger partial charge in [-0.25, -0.2) is 0 Å². The number of halogens is 1. The van der Waals surface area contributed by atoms with E-state index >= 15 is 0 Å². The minimum absolute atomic E-state index is 0.0331. The first kappa shape index (κ1) is 27.3. The summed E-state index contributed by atoms with van der Waals surface area (Å²) in [5.74, 6) is 1.14. The van der Waals surface area contributed by atoms with Crippen LogP contribution in [0.1, 0.15) is 58.8 Å². The van der Waals surface area contributed by atoms with Crippen molar-refractivity contribution < 1.29 is 26.9 Å². The number of nitrogens with zero attached hydrogens (tertiary/aromatic N) is 2. The molecule has 8 nitrogen and oxygen atoms in total. The van der Waals surface area contributed by atoms with Gasteiger partial charge < -0.3 is 0 Å². The third-order valence-corrected chi connectivity index (χ3v) is 10.4. The van der Waals surface area contributed by atoms with Crippen LogP contribution in [0.4, 0.5) is 10.5 Å². The van der Waals surface area contributed by atoms with Gasteiger partial charge in [-0.1, -0.05) is 0 Å². The van der Waals surface area contributed by atoms with E-state index < -0.39 is 25.8 Å². The predicted molar refractivity (Wildman–Crippen MR) is 151 cm³/mol. The van der Waals surface area contributed by atoms with Gasteiger partial charge in [0.25, 0.3) is 0 Å². The molecule has 2 aromatic rings. The zero-order chi connectivity index (χ0) is 26.9. The summed E-state index contributed by atoms with van der Waals surface area (Å²) >= 11 is -2.55. The van der Waals surface area contributed by atoms with E-state index in [0.717, 1.165) is 18.6 Å². The van der Waals surface area contributed by atoms with Crippen LogP contribution in [0.5, 0.6) is 11.5 Å². The zero-order valence-electron chi connectivity index (χ0n) is 22.7. The Bertz CT molecular complexity index is 1150. The van der Waals surface area contributed by atoms with Crippen molar-refractivity contribution in [3.63, 3.8) is 0 Å². The number of ether oxygens (including phenoxy) is 3. The Labute approximate surface area is 227 Å². The number of fused-ring (bicyclic) bond motifs is 1. The number of carbonyl (C=O) groups excluding carboxylic acids is 2. The standard InChI is InChI=1S/C28H37IN2O6/c1-18(2)34-20-11-12-21(24(17-20)35-19(3)4)29-22-9-8-10-23(25(22)26(32)37-29)30-13-15-31(16-14-30)27(33)36-28(5,6)7/h8-12,17-19H,13-16H2,1-7H3. The topological polar surface area (TPSA) is 77.5 Å². The molecular formula is C28H37IN2O6. The molecule has 0 aliphatic carbocycles. The summed E-state index contributed by atoms with van der Waals surface area (Å²) in [5, 5.41) is 0. The summed E-state index contributed by atoms with van der Waals surface area (Å²) in [6, 6.07) is 11.8. The van der Waals surface area contributed by atoms with Crippen LogP contribution >= 0.6 is 20.2 Å². The molecule has 1 saturated heterocycles. The first-order chi connectivity index (χ1) is 17.4. The summed E-state index contributed by atoms with van der Waals surface area (Å²) in [5.41, 5.74) is 0.962. The Morgan fingerprint density at radius 2 is 1.62 bits per heavy atom. The molecule has 37 heavy (non-hydrogen) atoms. The Hall–Kier alpha value is -2.69. The third kappa shape index (κ3) is 6.42. The Morgan fingerprint density at radius 3 is 2.24 bits per heavy atom. The van der Waals surface area contributed by atoms with E-state index in [1.165, 1.54) is 0 Å². The van der Waals surface area contributed by atoms with Gasteiger partial charge in [0.15, 0.2) is 0 Å². The first-order valence-electron chi connectivity index (χ1n) is 12.7. The molecule has 0 spiro atoms. The monoisotopic (exact) mass is 624 g/mol. The van der Waals surface area contributed by atoms with Crippen LogP contribution in [0.25, 0.3) is 0 Å². The molecule has 2 aliphatic rings. The van der Waals surface area contributed by atoms with Crippen LogP contribution in [0.2, 0.25) is 0 Å². The quantitative estimate of drug-likeness (QED) is 0.368. The van der Waals surface area contributed by atoms with Crippen molar-refractivity contribution in [3.05, 3.63) is 49.1 Å². The van der Waals surface area contributed by atoms with Crippen molar-refractivity contribution in [2.75, 3.05) is 31.1 Å². The van der Waals surface area contributed by atoms with Gasteiger partial charge in [0, 0.05) is 0 Å². The zero-order valence-corrected chi connectivity index (χ0v) is 24.8. The van der Waals surface area contributed by atoms with Crippen LogP contribution in [-0.4, -0.2) is 61.0 Å². The summed E-state index contributed by atoms with van der Waals surface area (Å²) in [6.07, 6.45) is -0.296. The average molecular weight is 625 g/mol. The van der Waals surface area contributed by atoms with E-state index in [4.69, 9.17) is 17.3 Å². The maximum atomic E-state index is 13.2. The van der Waals surface area contributed by atoms with Crippen LogP contribution in [-0.2, 0) is 7.80 Å². The molecule has 0 bridgehead atoms. The number of benzene rings is 2. The van der Waals surface area contributed by atoms with Crippen LogP contribution in [0.3, 0.4) is 0 Å². The average Bonchev–Trinajstić information content (AvgIpc) is 3.14. The Balaban J connectivity index is 1.59. The SMILES string of the molecule is CC(C)Oc1ccc(I2OC(=O)c3c(N4CCN(C(=O)OC(C)(C)C)CC4)cccc32)c(OC(C)C)c1. The molecule has 202 valence electrons. The van der Waals surface area contributed by atoms with Gasteiger partial charge in [0.05, 0.1) is 0 Å². The third-order valence-electron chi connectivity index (χ3n) is 5.62. The number of anilines is 1. The Kier molecular flexibility index (Phi) is 8.11. The summed E-state index contributed by atoms with van der Waals surface area (Å²) in [4.78, 5) is 29.6. The first-order valence-corrected chi connectivity index (χ1v) is 15.7. The second kappa shape index (κ2) is 11.0. The molecule has 9 heteroatoms. The van der Waals surface area contributed by atoms with E-state index in [0.29, 0.717) is 37.5 Å². The molecule has 1 amide bonds. The molecular weight excluding hydrogens is 587 g/mol. The fourth-order valence-electron chi connectivity index (χ4n) is 4.19. The molecule has 1 fully saturated rings. The molecule has 2 aliphatic heterocycles. The molecule has 0 unspecified atom stereocenters. The van der Waals surface area contributed by atoms with Crippen molar-refractivity contribution in [2.45, 2.75) is 66.3 Å². The second-order valence-corrected chi connectivity index (χ2v) is 14.8. The molecule has 0 radical (unpaired) electrons. The van der Waals surface area contributed by atoms with Crippen molar-refractivity contribution in [3.8, 4) is 11.5 Å². The van der Waals surface area contributed by atoms with Gasteiger partial charge in [-0.3, -0.25) is 0 Å². The van der Waals surface area contributed by atoms with Crippen LogP contribution in [0, 0.1) is 7.14 Å². The van der Waals surface area contributed by atoms with E-state index in [-0.39, 0.29) is 24.3 Å². The van der Waals surface area contributed by atoms with Gasteiger partial charge in [-0.05, 0) is 0 Å². The number of hydrogen-bond acceptors (Lipinski definition) is 7. The normalized spacial score (nSPS) is 16.7. The van der Waals surface area contributed by atoms with Crippen LogP contribution < -0.4 is 14.4 Å². The second-order valence-electron chi connectivity index (χ2n) is 10.6. The fourth-order valence-corrected chi connectivity index (χ4v) is 8.71. The van der Waals surface area contributed by atoms with Crippen molar-refractivity contribution in [1.29, 1.82) is 0 Å². The summed E-state index contributed by atoms with van der Waals surface area (Å²) < 4.78 is 25.6. The van der Waals surface area contributed by atoms with E-state index in [9.17, 15) is 9.59 Å². The fraction of sp³-hybridized carbons (Fsp3) is 0.500. The van der Waals surface area contributed by atoms with Gasteiger partial charge in [-0.15, -0.1) is 0 Å². The molecule has 0 saturated carbocycles. The number of carbonyl (C=O) groups is 2. The Morgan fingerprint density at radius 1 is 0.946 bits per heavy atom. The van der Waals surface area contributed by atoms with Gasteiger partial charge in [0.2, 0.25) is 0 Å². The summed E-state index contributed by atoms with van der Waals surface area (Å²) in [6.45, 7) is 15.8. The maximum absolute atomic E-state index is 13.2. The summed E-state index contributed by atoms with van der Waals surface area (Å²) in [7, 11) is 0. The van der Waals surface area contributed by atoms with Crippen molar-refractivity contribution in [1.82, 2.24) is 4.90 Å². The van der Waals surface area contributed by atoms with E-state index in [1.54, 1.807) is 4.90 Å². The van der Waals surface area contributed by atoms with Gasteiger partial charge in [-0.2, -0.15) is 0 Å². The number of hydrogen-bond donors (Lipinski definition) is 0. The molecule has 2 aromatic carbocycles. The molecule has 0 aromatic heterocycles. The van der Waals surface area contributed by atoms with E-state index in [1.807, 2.05) is 84.9 Å². The number of rotatable bonds is 6. The molecule has 4 rings (SSSR count).